The van der Waals surface area contributed by atoms with Crippen LogP contribution in [0.1, 0.15) is 18.9 Å². The first-order valence-corrected chi connectivity index (χ1v) is 5.74. The fraction of sp³-hybridized carbons (Fsp3) is 0.267. The lowest BCUT2D eigenvalue weighted by molar-refractivity contribution is -0.119. The number of Topliss-reactive ketones (excluding diaryl/α,β-unsaturated/α-hetero) is 1. The fourth-order valence-corrected chi connectivity index (χ4v) is 2.00. The summed E-state index contributed by atoms with van der Waals surface area (Å²) in [7, 11) is 1.67. The van der Waals surface area contributed by atoms with Gasteiger partial charge in [-0.05, 0) is 25.0 Å². The number of hydrogen-bond donors (Lipinski definition) is 0. The molecular weight excluding hydrogens is 212 g/mol. The summed E-state index contributed by atoms with van der Waals surface area (Å²) in [6, 6.07) is 7.92. The molecule has 0 N–H and O–H groups in total. The van der Waals surface area contributed by atoms with Crippen molar-refractivity contribution in [2.75, 3.05) is 7.11 Å². The molecule has 1 unspecified atom stereocenters. The van der Waals surface area contributed by atoms with E-state index in [1.165, 1.54) is 0 Å². The zero-order valence-electron chi connectivity index (χ0n) is 10.1. The van der Waals surface area contributed by atoms with Crippen molar-refractivity contribution in [3.05, 3.63) is 48.1 Å². The van der Waals surface area contributed by atoms with Crippen LogP contribution >= 0.6 is 0 Å². The molecule has 0 aromatic heterocycles. The zero-order chi connectivity index (χ0) is 12.3. The Hall–Kier alpha value is -1.83. The predicted molar refractivity (Wildman–Crippen MR) is 68.9 cm³/mol. The van der Waals surface area contributed by atoms with Crippen molar-refractivity contribution in [2.45, 2.75) is 13.3 Å². The molecule has 0 amide bonds. The summed E-state index contributed by atoms with van der Waals surface area (Å²) < 4.78 is 5.33. The van der Waals surface area contributed by atoms with E-state index in [4.69, 9.17) is 4.74 Å². The Morgan fingerprint density at radius 2 is 2.12 bits per heavy atom. The van der Waals surface area contributed by atoms with Crippen molar-refractivity contribution in [1.29, 1.82) is 0 Å². The van der Waals surface area contributed by atoms with Crippen LogP contribution in [-0.4, -0.2) is 12.9 Å². The highest BCUT2D eigenvalue weighted by atomic mass is 16.5. The van der Waals surface area contributed by atoms with Gasteiger partial charge in [0.2, 0.25) is 0 Å². The maximum absolute atomic E-state index is 11.3. The molecule has 0 aliphatic heterocycles. The van der Waals surface area contributed by atoms with Crippen molar-refractivity contribution in [1.82, 2.24) is 0 Å². The van der Waals surface area contributed by atoms with Gasteiger partial charge in [-0.2, -0.15) is 0 Å². The lowest BCUT2D eigenvalue weighted by atomic mass is 9.90. The standard InChI is InChI=1S/C15H16O2/c1-11(16)12-7-9-13(10-8-12)14-5-3-4-6-15(14)17-2/h3-7,9-10,12H,8H2,1-2H3. The molecule has 1 aliphatic carbocycles. The smallest absolute Gasteiger partial charge is 0.136 e. The predicted octanol–water partition coefficient (Wildman–Crippen LogP) is 3.24. The fourth-order valence-electron chi connectivity index (χ4n) is 2.00. The Balaban J connectivity index is 2.26. The number of benzene rings is 1. The summed E-state index contributed by atoms with van der Waals surface area (Å²) >= 11 is 0. The van der Waals surface area contributed by atoms with Crippen LogP contribution in [0.25, 0.3) is 5.57 Å². The van der Waals surface area contributed by atoms with Gasteiger partial charge >= 0.3 is 0 Å². The van der Waals surface area contributed by atoms with Crippen LogP contribution < -0.4 is 4.74 Å². The van der Waals surface area contributed by atoms with E-state index in [-0.39, 0.29) is 11.7 Å². The molecule has 0 radical (unpaired) electrons. The second-order valence-electron chi connectivity index (χ2n) is 4.17. The van der Waals surface area contributed by atoms with Gasteiger partial charge in [0, 0.05) is 11.5 Å². The number of ether oxygens (including phenoxy) is 1. The van der Waals surface area contributed by atoms with Crippen molar-refractivity contribution in [3.8, 4) is 5.75 Å². The van der Waals surface area contributed by atoms with Gasteiger partial charge < -0.3 is 4.74 Å². The molecule has 88 valence electrons. The molecule has 0 spiro atoms. The number of allylic oxidation sites excluding steroid dienone is 4. The van der Waals surface area contributed by atoms with Gasteiger partial charge in [0.15, 0.2) is 0 Å². The molecule has 0 heterocycles. The Morgan fingerprint density at radius 3 is 2.71 bits per heavy atom. The largest absolute Gasteiger partial charge is 0.496 e. The first kappa shape index (κ1) is 11.6. The highest BCUT2D eigenvalue weighted by molar-refractivity contribution is 5.85. The molecule has 2 heteroatoms. The van der Waals surface area contributed by atoms with E-state index in [0.29, 0.717) is 0 Å². The molecule has 2 rings (SSSR count). The number of hydrogen-bond acceptors (Lipinski definition) is 2. The number of methoxy groups -OCH3 is 1. The quantitative estimate of drug-likeness (QED) is 0.793. The summed E-state index contributed by atoms with van der Waals surface area (Å²) in [5, 5.41) is 0. The zero-order valence-corrected chi connectivity index (χ0v) is 10.1. The lowest BCUT2D eigenvalue weighted by Gasteiger charge is -2.15. The van der Waals surface area contributed by atoms with Crippen molar-refractivity contribution in [2.24, 2.45) is 5.92 Å². The van der Waals surface area contributed by atoms with Crippen LogP contribution in [0.3, 0.4) is 0 Å². The van der Waals surface area contributed by atoms with Crippen LogP contribution in [0.4, 0.5) is 0 Å². The maximum Gasteiger partial charge on any atom is 0.136 e. The molecule has 1 aromatic rings. The van der Waals surface area contributed by atoms with Crippen molar-refractivity contribution in [3.63, 3.8) is 0 Å². The monoisotopic (exact) mass is 228 g/mol. The molecule has 0 saturated heterocycles. The molecule has 0 saturated carbocycles. The highest BCUT2D eigenvalue weighted by Gasteiger charge is 2.15. The molecule has 1 atom stereocenters. The number of ketones is 1. The van der Waals surface area contributed by atoms with E-state index in [2.05, 4.69) is 6.08 Å². The van der Waals surface area contributed by atoms with E-state index < -0.39 is 0 Å². The highest BCUT2D eigenvalue weighted by Crippen LogP contribution is 2.30. The number of carbonyl (C=O) groups excluding carboxylic acids is 1. The second kappa shape index (κ2) is 5.00. The summed E-state index contributed by atoms with van der Waals surface area (Å²) in [5.74, 6) is 1.12. The SMILES string of the molecule is COc1ccccc1C1=CCC(C(C)=O)C=C1. The third-order valence-corrected chi connectivity index (χ3v) is 3.04. The molecule has 0 bridgehead atoms. The minimum absolute atomic E-state index is 0.0356. The first-order valence-electron chi connectivity index (χ1n) is 5.74. The summed E-state index contributed by atoms with van der Waals surface area (Å²) in [5.41, 5.74) is 2.20. The van der Waals surface area contributed by atoms with Gasteiger partial charge in [-0.25, -0.2) is 0 Å². The van der Waals surface area contributed by atoms with Crippen molar-refractivity contribution >= 4 is 11.4 Å². The van der Waals surface area contributed by atoms with Gasteiger partial charge in [0.1, 0.15) is 11.5 Å². The minimum Gasteiger partial charge on any atom is -0.496 e. The van der Waals surface area contributed by atoms with Gasteiger partial charge in [-0.1, -0.05) is 36.4 Å². The normalized spacial score (nSPS) is 18.7. The van der Waals surface area contributed by atoms with Gasteiger partial charge in [-0.15, -0.1) is 0 Å². The summed E-state index contributed by atoms with van der Waals surface area (Å²) in [6.07, 6.45) is 6.86. The average Bonchev–Trinajstić information content (AvgIpc) is 2.39. The Morgan fingerprint density at radius 1 is 1.35 bits per heavy atom. The third-order valence-electron chi connectivity index (χ3n) is 3.04. The van der Waals surface area contributed by atoms with Gasteiger partial charge in [0.05, 0.1) is 7.11 Å². The van der Waals surface area contributed by atoms with E-state index in [0.717, 1.165) is 23.3 Å². The van der Waals surface area contributed by atoms with E-state index in [9.17, 15) is 4.79 Å². The van der Waals surface area contributed by atoms with Gasteiger partial charge in [0.25, 0.3) is 0 Å². The van der Waals surface area contributed by atoms with Crippen LogP contribution in [-0.2, 0) is 4.79 Å². The van der Waals surface area contributed by atoms with Gasteiger partial charge in [-0.3, -0.25) is 4.79 Å². The topological polar surface area (TPSA) is 26.3 Å². The minimum atomic E-state index is 0.0356. The van der Waals surface area contributed by atoms with E-state index in [1.807, 2.05) is 36.4 Å². The molecule has 17 heavy (non-hydrogen) atoms. The van der Waals surface area contributed by atoms with Crippen LogP contribution in [0.5, 0.6) is 5.75 Å². The second-order valence-corrected chi connectivity index (χ2v) is 4.17. The Bertz CT molecular complexity index is 483. The first-order chi connectivity index (χ1) is 8.22. The maximum atomic E-state index is 11.3. The Labute approximate surface area is 102 Å². The molecule has 1 aromatic carbocycles. The number of carbonyl (C=O) groups is 1. The van der Waals surface area contributed by atoms with E-state index >= 15 is 0 Å². The molecular formula is C15H16O2. The number of rotatable bonds is 3. The molecule has 1 aliphatic rings. The summed E-state index contributed by atoms with van der Waals surface area (Å²) in [4.78, 5) is 11.3. The summed E-state index contributed by atoms with van der Waals surface area (Å²) in [6.45, 7) is 1.64. The van der Waals surface area contributed by atoms with Crippen LogP contribution in [0.15, 0.2) is 42.5 Å². The number of para-hydroxylation sites is 1. The van der Waals surface area contributed by atoms with Crippen LogP contribution in [0, 0.1) is 5.92 Å². The average molecular weight is 228 g/mol. The van der Waals surface area contributed by atoms with Crippen LogP contribution in [0.2, 0.25) is 0 Å². The Kier molecular flexibility index (Phi) is 3.43. The van der Waals surface area contributed by atoms with E-state index in [1.54, 1.807) is 14.0 Å². The molecule has 2 nitrogen and oxygen atoms in total. The molecule has 0 fully saturated rings. The van der Waals surface area contributed by atoms with Crippen molar-refractivity contribution < 1.29 is 9.53 Å². The lowest BCUT2D eigenvalue weighted by Crippen LogP contribution is -2.09. The third kappa shape index (κ3) is 2.47.